The number of imidazole rings is 1. The van der Waals surface area contributed by atoms with E-state index >= 15 is 0 Å². The highest BCUT2D eigenvalue weighted by Gasteiger charge is 2.36. The molecule has 0 spiro atoms. The Bertz CT molecular complexity index is 778. The van der Waals surface area contributed by atoms with E-state index in [0.717, 1.165) is 37.9 Å². The Hall–Kier alpha value is -1.45. The molecule has 3 rings (SSSR count). The molecule has 1 saturated heterocycles. The molecule has 0 atom stereocenters. The van der Waals surface area contributed by atoms with Gasteiger partial charge < -0.3 is 14.6 Å². The summed E-state index contributed by atoms with van der Waals surface area (Å²) in [7, 11) is -3.43. The number of carbonyl (C=O) groups is 1. The summed E-state index contributed by atoms with van der Waals surface area (Å²) >= 11 is 0. The van der Waals surface area contributed by atoms with Crippen LogP contribution in [0.4, 0.5) is 0 Å². The monoisotopic (exact) mass is 412 g/mol. The molecule has 2 aliphatic rings. The number of aromatic nitrogens is 2. The first-order valence-electron chi connectivity index (χ1n) is 10.1. The molecule has 9 heteroatoms. The summed E-state index contributed by atoms with van der Waals surface area (Å²) in [6, 6.07) is -0.0707. The molecule has 1 amide bonds. The van der Waals surface area contributed by atoms with Gasteiger partial charge in [-0.15, -0.1) is 0 Å². The zero-order valence-electron chi connectivity index (χ0n) is 16.9. The summed E-state index contributed by atoms with van der Waals surface area (Å²) in [5.74, 6) is 0.681. The number of aryl methyl sites for hydroxylation is 1. The molecule has 1 aliphatic heterocycles. The molecular weight excluding hydrogens is 380 g/mol. The summed E-state index contributed by atoms with van der Waals surface area (Å²) in [5.41, 5.74) is -0.873. The van der Waals surface area contributed by atoms with E-state index in [0.29, 0.717) is 32.5 Å². The van der Waals surface area contributed by atoms with Crippen LogP contribution in [-0.4, -0.2) is 75.7 Å². The maximum Gasteiger partial charge on any atom is 0.237 e. The van der Waals surface area contributed by atoms with Gasteiger partial charge in [-0.1, -0.05) is 19.3 Å². The van der Waals surface area contributed by atoms with Gasteiger partial charge in [0.05, 0.1) is 24.9 Å². The molecule has 8 nitrogen and oxygen atoms in total. The molecule has 1 aromatic heterocycles. The van der Waals surface area contributed by atoms with E-state index < -0.39 is 15.6 Å². The first kappa shape index (κ1) is 21.3. The lowest BCUT2D eigenvalue weighted by Crippen LogP contribution is -2.52. The van der Waals surface area contributed by atoms with Gasteiger partial charge >= 0.3 is 0 Å². The topological polar surface area (TPSA) is 95.7 Å². The van der Waals surface area contributed by atoms with Crippen LogP contribution in [0.2, 0.25) is 0 Å². The van der Waals surface area contributed by atoms with Crippen LogP contribution in [0.25, 0.3) is 0 Å². The largest absolute Gasteiger partial charge is 0.388 e. The van der Waals surface area contributed by atoms with E-state index in [-0.39, 0.29) is 18.5 Å². The van der Waals surface area contributed by atoms with E-state index in [2.05, 4.69) is 4.98 Å². The predicted molar refractivity (Wildman–Crippen MR) is 106 cm³/mol. The van der Waals surface area contributed by atoms with Crippen molar-refractivity contribution in [1.29, 1.82) is 0 Å². The summed E-state index contributed by atoms with van der Waals surface area (Å²) < 4.78 is 27.9. The van der Waals surface area contributed by atoms with Crippen molar-refractivity contribution in [3.05, 3.63) is 18.2 Å². The standard InChI is InChI=1S/C19H32N4O4S/c1-16-20-10-13-22(16)15-19(25)8-11-21(12-9-19)18(24)14-23(28(2,26)27)17-6-4-3-5-7-17/h10,13,17,25H,3-9,11-12,14-15H2,1-2H3. The summed E-state index contributed by atoms with van der Waals surface area (Å²) in [5, 5.41) is 10.9. The molecule has 2 fully saturated rings. The average molecular weight is 413 g/mol. The second-order valence-electron chi connectivity index (χ2n) is 8.31. The smallest absolute Gasteiger partial charge is 0.237 e. The van der Waals surface area contributed by atoms with E-state index in [1.54, 1.807) is 11.1 Å². The Morgan fingerprint density at radius 1 is 1.29 bits per heavy atom. The Balaban J connectivity index is 1.58. The van der Waals surface area contributed by atoms with Crippen molar-refractivity contribution in [3.63, 3.8) is 0 Å². The number of rotatable bonds is 6. The molecule has 1 aromatic rings. The summed E-state index contributed by atoms with van der Waals surface area (Å²) in [4.78, 5) is 18.7. The van der Waals surface area contributed by atoms with Crippen LogP contribution in [0, 0.1) is 6.92 Å². The fourth-order valence-corrected chi connectivity index (χ4v) is 5.44. The van der Waals surface area contributed by atoms with E-state index in [1.165, 1.54) is 10.6 Å². The molecular formula is C19H32N4O4S. The number of piperidine rings is 1. The first-order chi connectivity index (χ1) is 13.2. The van der Waals surface area contributed by atoms with Gasteiger partial charge in [0.25, 0.3) is 0 Å². The van der Waals surface area contributed by atoms with E-state index in [4.69, 9.17) is 0 Å². The van der Waals surface area contributed by atoms with Crippen LogP contribution in [0.3, 0.4) is 0 Å². The van der Waals surface area contributed by atoms with Gasteiger partial charge in [0, 0.05) is 31.5 Å². The Kier molecular flexibility index (Phi) is 6.46. The average Bonchev–Trinajstić information content (AvgIpc) is 3.04. The van der Waals surface area contributed by atoms with Crippen LogP contribution in [0.5, 0.6) is 0 Å². The molecule has 158 valence electrons. The molecule has 0 aromatic carbocycles. The summed E-state index contributed by atoms with van der Waals surface area (Å²) in [6.45, 7) is 3.13. The highest BCUT2D eigenvalue weighted by Crippen LogP contribution is 2.27. The number of carbonyl (C=O) groups excluding carboxylic acids is 1. The molecule has 28 heavy (non-hydrogen) atoms. The van der Waals surface area contributed by atoms with Crippen molar-refractivity contribution in [2.75, 3.05) is 25.9 Å². The minimum atomic E-state index is -3.43. The van der Waals surface area contributed by atoms with E-state index in [9.17, 15) is 18.3 Å². The first-order valence-corrected chi connectivity index (χ1v) is 12.0. The lowest BCUT2D eigenvalue weighted by molar-refractivity contribution is -0.136. The third-order valence-electron chi connectivity index (χ3n) is 6.13. The molecule has 1 N–H and O–H groups in total. The second kappa shape index (κ2) is 8.51. The van der Waals surface area contributed by atoms with Crippen LogP contribution in [0.1, 0.15) is 50.8 Å². The highest BCUT2D eigenvalue weighted by molar-refractivity contribution is 7.88. The number of amides is 1. The SMILES string of the molecule is Cc1nccn1CC1(O)CCN(C(=O)CN(C2CCCCC2)S(C)(=O)=O)CC1. The molecule has 0 unspecified atom stereocenters. The van der Waals surface area contributed by atoms with Crippen molar-refractivity contribution >= 4 is 15.9 Å². The van der Waals surface area contributed by atoms with Crippen molar-refractivity contribution in [1.82, 2.24) is 18.8 Å². The number of sulfonamides is 1. The number of hydrogen-bond acceptors (Lipinski definition) is 5. The molecule has 2 heterocycles. The lowest BCUT2D eigenvalue weighted by atomic mass is 9.91. The second-order valence-corrected chi connectivity index (χ2v) is 10.2. The van der Waals surface area contributed by atoms with Gasteiger partial charge in [-0.25, -0.2) is 13.4 Å². The number of hydrogen-bond donors (Lipinski definition) is 1. The van der Waals surface area contributed by atoms with Crippen LogP contribution in [-0.2, 0) is 21.4 Å². The van der Waals surface area contributed by atoms with Crippen molar-refractivity contribution in [2.45, 2.75) is 70.1 Å². The third-order valence-corrected chi connectivity index (χ3v) is 7.41. The Morgan fingerprint density at radius 3 is 2.46 bits per heavy atom. The van der Waals surface area contributed by atoms with Gasteiger partial charge in [-0.2, -0.15) is 4.31 Å². The van der Waals surface area contributed by atoms with E-state index in [1.807, 2.05) is 17.7 Å². The fraction of sp³-hybridized carbons (Fsp3) is 0.789. The molecule has 0 radical (unpaired) electrons. The number of likely N-dealkylation sites (tertiary alicyclic amines) is 1. The van der Waals surface area contributed by atoms with Crippen LogP contribution >= 0.6 is 0 Å². The number of aliphatic hydroxyl groups is 1. The van der Waals surface area contributed by atoms with Crippen LogP contribution < -0.4 is 0 Å². The van der Waals surface area contributed by atoms with Gasteiger partial charge in [0.1, 0.15) is 5.82 Å². The van der Waals surface area contributed by atoms with Gasteiger partial charge in [0.15, 0.2) is 0 Å². The predicted octanol–water partition coefficient (Wildman–Crippen LogP) is 1.14. The zero-order chi connectivity index (χ0) is 20.4. The Morgan fingerprint density at radius 2 is 1.93 bits per heavy atom. The quantitative estimate of drug-likeness (QED) is 0.756. The third kappa shape index (κ3) is 5.12. The highest BCUT2D eigenvalue weighted by atomic mass is 32.2. The van der Waals surface area contributed by atoms with Gasteiger partial charge in [-0.3, -0.25) is 4.79 Å². The van der Waals surface area contributed by atoms with Crippen molar-refractivity contribution in [3.8, 4) is 0 Å². The molecule has 1 aliphatic carbocycles. The zero-order valence-corrected chi connectivity index (χ0v) is 17.7. The van der Waals surface area contributed by atoms with Crippen LogP contribution in [0.15, 0.2) is 12.4 Å². The fourth-order valence-electron chi connectivity index (χ4n) is 4.34. The van der Waals surface area contributed by atoms with Gasteiger partial charge in [-0.05, 0) is 32.6 Å². The van der Waals surface area contributed by atoms with Crippen molar-refractivity contribution < 1.29 is 18.3 Å². The Labute approximate surface area is 167 Å². The maximum atomic E-state index is 12.8. The lowest BCUT2D eigenvalue weighted by Gasteiger charge is -2.40. The molecule has 0 bridgehead atoms. The minimum absolute atomic E-state index is 0.0707. The molecule has 1 saturated carbocycles. The minimum Gasteiger partial charge on any atom is -0.388 e. The maximum absolute atomic E-state index is 12.8. The van der Waals surface area contributed by atoms with Gasteiger partial charge in [0.2, 0.25) is 15.9 Å². The summed E-state index contributed by atoms with van der Waals surface area (Å²) in [6.07, 6.45) is 10.5. The number of nitrogens with zero attached hydrogens (tertiary/aromatic N) is 4. The van der Waals surface area contributed by atoms with Crippen molar-refractivity contribution in [2.24, 2.45) is 0 Å². The normalized spacial score (nSPS) is 21.2.